The summed E-state index contributed by atoms with van der Waals surface area (Å²) < 4.78 is 26.1. The minimum Gasteiger partial charge on any atom is -0.481 e. The maximum Gasteiger partial charge on any atom is 0.410 e. The second kappa shape index (κ2) is 61.8. The first kappa shape index (κ1) is 121. The Balaban J connectivity index is 0.000000277. The normalized spacial score (nSPS) is 16.8. The fraction of sp³-hybridized carbons (Fsp3) is 0.468. The number of nitrogens with two attached hydrogens (primary N) is 1. The maximum atomic E-state index is 12.9. The fourth-order valence-electron chi connectivity index (χ4n) is 16.1. The van der Waals surface area contributed by atoms with Gasteiger partial charge in [0.1, 0.15) is 49.1 Å². The zero-order valence-corrected chi connectivity index (χ0v) is 87.4. The number of anilines is 4. The number of ketones is 1. The molecule has 5 heterocycles. The first-order valence-electron chi connectivity index (χ1n) is 49.5. The number of hydrogen-bond acceptors (Lipinski definition) is 23. The van der Waals surface area contributed by atoms with Gasteiger partial charge in [0.05, 0.1) is 57.0 Å². The van der Waals surface area contributed by atoms with Crippen LogP contribution in [-0.2, 0) is 114 Å². The summed E-state index contributed by atoms with van der Waals surface area (Å²) in [6, 6.07) is 52.8. The van der Waals surface area contributed by atoms with Gasteiger partial charge in [-0.05, 0) is 243 Å². The van der Waals surface area contributed by atoms with Crippen molar-refractivity contribution in [3.8, 4) is 0 Å². The Bertz CT molecular complexity index is 5280. The van der Waals surface area contributed by atoms with E-state index in [1.165, 1.54) is 16.7 Å². The van der Waals surface area contributed by atoms with Gasteiger partial charge < -0.3 is 97.3 Å². The third-order valence-electron chi connectivity index (χ3n) is 23.3. The zero-order valence-electron chi connectivity index (χ0n) is 86.6. The monoisotopic (exact) mass is 2060 g/mol. The smallest absolute Gasteiger partial charge is 0.410 e. The number of Topliss-reactive ketones (excluding diaryl/α,β-unsaturated/α-hetero) is 1. The predicted octanol–water partition coefficient (Wildman–Crippen LogP) is 14.6. The molecule has 798 valence electrons. The molecule has 38 heteroatoms. The van der Waals surface area contributed by atoms with Crippen LogP contribution in [0.5, 0.6) is 0 Å². The number of benzene rings is 7. The third-order valence-corrected chi connectivity index (χ3v) is 23.3. The molecule has 0 radical (unpaired) electrons. The Morgan fingerprint density at radius 1 is 0.374 bits per heavy atom. The number of carbonyl (C=O) groups excluding carboxylic acids is 14. The van der Waals surface area contributed by atoms with E-state index < -0.39 is 65.5 Å². The van der Waals surface area contributed by atoms with Gasteiger partial charge in [-0.25, -0.2) is 19.2 Å². The van der Waals surface area contributed by atoms with Crippen LogP contribution in [0.25, 0.3) is 0 Å². The summed E-state index contributed by atoms with van der Waals surface area (Å²) in [5.41, 5.74) is 13.3. The fourth-order valence-corrected chi connectivity index (χ4v) is 16.1. The standard InChI is InChI=1S/2C25H30N4O5.C21H30N2O5.C16H22N2O3.C11H19NO3.C11H15NO2.ClH/c2*1-16-6-3-4-7-20(16)28-25(34)27-19-11-9-18(10-12-19)15-22(30)29-13-5-8-21(29)24(33)26-17(2)14-23(31)32;1-15(13-18(24)27-14-16-9-6-5-7-10-16)22-19(25)17-11-8-12-23(17)20(26)28-21(2,3)4;1-12(18-16(20)14-8-5-9-17-14)10-15(19)21-11-13-6-3-2-4-7-13;1-8(13)9-6-5-7-12(9)10(14)15-11(2,3)4;1-9(12)7-11(13)14-8-10-5-3-2-4-6-10;/h2*3-4,6-7,9-12,17,21H,5,8,13-15H2,1-2H3,(H,26,33)(H,31,32)(H2,27,28,34);5-7,9-10,15,17H,8,11-14H2,1-4H3,(H,22,25);2-4,6-7,12,14,17H,5,8-11H2,1H3,(H,18,20);9H,5-7H2,1-4H3;2-6,9H,7-8,12H2,1H3;1H/t2*17-,21+;15-,17+;12-,14+;2*9-;/m111101./s1. The highest BCUT2D eigenvalue weighted by Crippen LogP contribution is 2.28. The number of urea groups is 2. The third kappa shape index (κ3) is 45.9. The number of para-hydroxylation sites is 2. The van der Waals surface area contributed by atoms with Crippen molar-refractivity contribution in [3.05, 3.63) is 227 Å². The number of halogens is 1. The highest BCUT2D eigenvalue weighted by Gasteiger charge is 2.40. The van der Waals surface area contributed by atoms with Crippen LogP contribution in [0.15, 0.2) is 188 Å². The molecule has 10 atom stereocenters. The number of amides is 12. The second-order valence-electron chi connectivity index (χ2n) is 38.8. The molecule has 0 unspecified atom stereocenters. The lowest BCUT2D eigenvalue weighted by atomic mass is 10.1. The van der Waals surface area contributed by atoms with Gasteiger partial charge in [0, 0.05) is 79.1 Å². The number of nitrogens with one attached hydrogen (secondary N) is 9. The van der Waals surface area contributed by atoms with E-state index in [1.54, 1.807) is 107 Å². The summed E-state index contributed by atoms with van der Waals surface area (Å²) in [7, 11) is 0. The van der Waals surface area contributed by atoms with Crippen molar-refractivity contribution >= 4 is 130 Å². The number of rotatable bonds is 33. The SMILES string of the molecule is CC(=O)[C@@H]1CCCN1C(=O)OC(C)(C)C.C[C@@H](N)CC(=O)OCc1ccccc1.C[C@H](CC(=O)OCc1ccccc1)NC(=O)[C@@H]1CCCN1.C[C@H](CC(=O)OCc1ccccc1)NC(=O)[C@@H]1CCCN1C(=O)OC(C)(C)C.Cc1ccccc1NC(=O)Nc1ccc(CC(=O)N2CCC[C@H]2C(=O)N[C@H](C)CC(=O)O)cc1.Cc1ccccc1NC(=O)Nc1ccc(CC(=O)N2CCC[C@H]2C(=O)N[C@H](C)CC(=O)O)cc1.Cl. The van der Waals surface area contributed by atoms with Crippen LogP contribution < -0.4 is 53.6 Å². The Labute approximate surface area is 866 Å². The molecule has 0 saturated carbocycles. The molecule has 7 aromatic carbocycles. The topological polar surface area (TPSA) is 507 Å². The van der Waals surface area contributed by atoms with Gasteiger partial charge in [0.15, 0.2) is 5.78 Å². The Morgan fingerprint density at radius 3 is 1.00 bits per heavy atom. The van der Waals surface area contributed by atoms with Crippen molar-refractivity contribution in [1.82, 2.24) is 46.2 Å². The average Bonchev–Trinajstić information content (AvgIpc) is 1.74. The number of carboxylic acids is 2. The number of carboxylic acid groups (broad SMARTS) is 2. The van der Waals surface area contributed by atoms with Crippen LogP contribution in [0.2, 0.25) is 0 Å². The van der Waals surface area contributed by atoms with Crippen LogP contribution in [0, 0.1) is 13.8 Å². The number of carbonyl (C=O) groups is 16. The number of ether oxygens (including phenoxy) is 5. The molecular formula is C109H147ClN14O23. The van der Waals surface area contributed by atoms with Crippen molar-refractivity contribution in [3.63, 3.8) is 0 Å². The first-order valence-corrected chi connectivity index (χ1v) is 49.5. The van der Waals surface area contributed by atoms with E-state index in [-0.39, 0.29) is 172 Å². The number of hydrogen-bond donors (Lipinski definition) is 12. The van der Waals surface area contributed by atoms with Crippen molar-refractivity contribution in [2.24, 2.45) is 5.73 Å². The lowest BCUT2D eigenvalue weighted by Crippen LogP contribution is -2.49. The zero-order chi connectivity index (χ0) is 107. The molecule has 147 heavy (non-hydrogen) atoms. The van der Waals surface area contributed by atoms with Crippen LogP contribution in [-0.4, -0.2) is 229 Å². The van der Waals surface area contributed by atoms with Gasteiger partial charge in [-0.2, -0.15) is 0 Å². The van der Waals surface area contributed by atoms with Crippen molar-refractivity contribution in [1.29, 1.82) is 0 Å². The Kier molecular flexibility index (Phi) is 51.1. The molecule has 5 fully saturated rings. The summed E-state index contributed by atoms with van der Waals surface area (Å²) in [5.74, 6) is -4.14. The van der Waals surface area contributed by atoms with Crippen molar-refractivity contribution < 1.29 is 111 Å². The molecule has 37 nitrogen and oxygen atoms in total. The molecule has 5 saturated heterocycles. The predicted molar refractivity (Wildman–Crippen MR) is 559 cm³/mol. The van der Waals surface area contributed by atoms with E-state index in [1.807, 2.05) is 181 Å². The van der Waals surface area contributed by atoms with Gasteiger partial charge in [0.2, 0.25) is 35.4 Å². The molecule has 5 aliphatic heterocycles. The van der Waals surface area contributed by atoms with Crippen LogP contribution in [0.4, 0.5) is 41.9 Å². The summed E-state index contributed by atoms with van der Waals surface area (Å²) in [5, 5.41) is 43.0. The van der Waals surface area contributed by atoms with E-state index in [9.17, 15) is 76.7 Å². The molecule has 0 spiro atoms. The van der Waals surface area contributed by atoms with Gasteiger partial charge >= 0.3 is 54.1 Å². The van der Waals surface area contributed by atoms with Gasteiger partial charge in [-0.3, -0.25) is 67.3 Å². The van der Waals surface area contributed by atoms with Gasteiger partial charge in [-0.15, -0.1) is 12.4 Å². The Hall–Kier alpha value is -14.3. The molecule has 0 aromatic heterocycles. The highest BCUT2D eigenvalue weighted by atomic mass is 35.5. The number of likely N-dealkylation sites (tertiary alicyclic amines) is 4. The van der Waals surface area contributed by atoms with E-state index in [4.69, 9.17) is 39.6 Å². The minimum atomic E-state index is -0.988. The molecule has 12 amide bonds. The summed E-state index contributed by atoms with van der Waals surface area (Å²) in [4.78, 5) is 198. The summed E-state index contributed by atoms with van der Waals surface area (Å²) in [6.45, 7) is 28.5. The van der Waals surface area contributed by atoms with E-state index >= 15 is 0 Å². The molecular weight excluding hydrogens is 1910 g/mol. The molecule has 0 bridgehead atoms. The highest BCUT2D eigenvalue weighted by molar-refractivity contribution is 6.01. The lowest BCUT2D eigenvalue weighted by molar-refractivity contribution is -0.146. The maximum absolute atomic E-state index is 12.9. The van der Waals surface area contributed by atoms with E-state index in [2.05, 4.69) is 47.9 Å². The summed E-state index contributed by atoms with van der Waals surface area (Å²) in [6.07, 6.45) is 6.95. The molecule has 7 aromatic rings. The number of esters is 3. The molecule has 0 aliphatic carbocycles. The quantitative estimate of drug-likeness (QED) is 0.0134. The minimum absolute atomic E-state index is 0. The van der Waals surface area contributed by atoms with Crippen LogP contribution in [0.3, 0.4) is 0 Å². The Morgan fingerprint density at radius 2 is 0.680 bits per heavy atom. The van der Waals surface area contributed by atoms with Crippen LogP contribution in [0.1, 0.15) is 218 Å². The van der Waals surface area contributed by atoms with Gasteiger partial charge in [-0.1, -0.05) is 152 Å². The number of aryl methyl sites for hydroxylation is 2. The van der Waals surface area contributed by atoms with Crippen LogP contribution >= 0.6 is 12.4 Å². The molecule has 5 aliphatic rings. The average molecular weight is 2060 g/mol. The molecule has 12 rings (SSSR count). The largest absolute Gasteiger partial charge is 0.481 e. The summed E-state index contributed by atoms with van der Waals surface area (Å²) >= 11 is 0. The number of aliphatic carboxylic acids is 2. The van der Waals surface area contributed by atoms with E-state index in [0.29, 0.717) is 63.4 Å². The van der Waals surface area contributed by atoms with Crippen molar-refractivity contribution in [2.75, 3.05) is 54.0 Å². The van der Waals surface area contributed by atoms with E-state index in [0.717, 1.165) is 102 Å². The second-order valence-corrected chi connectivity index (χ2v) is 38.8. The molecule has 13 N–H and O–H groups in total. The first-order chi connectivity index (χ1) is 69.2. The van der Waals surface area contributed by atoms with Gasteiger partial charge in [0.25, 0.3) is 0 Å². The number of nitrogens with zero attached hydrogens (tertiary/aromatic N) is 4. The van der Waals surface area contributed by atoms with Crippen molar-refractivity contribution in [2.45, 2.75) is 298 Å². The lowest BCUT2D eigenvalue weighted by Gasteiger charge is -2.28.